The predicted molar refractivity (Wildman–Crippen MR) is 69.0 cm³/mol. The summed E-state index contributed by atoms with van der Waals surface area (Å²) in [7, 11) is 0. The van der Waals surface area contributed by atoms with Crippen LogP contribution in [0, 0.1) is 5.41 Å². The third-order valence-corrected chi connectivity index (χ3v) is 4.66. The predicted octanol–water partition coefficient (Wildman–Crippen LogP) is 2.04. The van der Waals surface area contributed by atoms with Gasteiger partial charge in [0.05, 0.1) is 12.7 Å². The lowest BCUT2D eigenvalue weighted by atomic mass is 9.71. The van der Waals surface area contributed by atoms with Gasteiger partial charge >= 0.3 is 0 Å². The van der Waals surface area contributed by atoms with Crippen LogP contribution < -0.4 is 0 Å². The zero-order valence-corrected chi connectivity index (χ0v) is 11.5. The van der Waals surface area contributed by atoms with Crippen molar-refractivity contribution < 1.29 is 9.84 Å². The quantitative estimate of drug-likeness (QED) is 0.820. The van der Waals surface area contributed by atoms with Crippen LogP contribution >= 0.6 is 0 Å². The summed E-state index contributed by atoms with van der Waals surface area (Å²) in [6.07, 6.45) is 4.06. The van der Waals surface area contributed by atoms with Gasteiger partial charge in [-0.2, -0.15) is 0 Å². The summed E-state index contributed by atoms with van der Waals surface area (Å²) in [5, 5.41) is 9.94. The lowest BCUT2D eigenvalue weighted by Crippen LogP contribution is -2.54. The molecule has 2 rings (SSSR count). The molecule has 0 radical (unpaired) electrons. The smallest absolute Gasteiger partial charge is 0.0622 e. The number of aliphatic hydroxyl groups excluding tert-OH is 1. The monoisotopic (exact) mass is 241 g/mol. The fourth-order valence-electron chi connectivity index (χ4n) is 3.50. The van der Waals surface area contributed by atoms with Crippen LogP contribution in [0.25, 0.3) is 0 Å². The summed E-state index contributed by atoms with van der Waals surface area (Å²) in [6.45, 7) is 9.77. The molecule has 1 saturated heterocycles. The Labute approximate surface area is 105 Å². The molecule has 100 valence electrons. The molecule has 0 aromatic heterocycles. The molecule has 3 unspecified atom stereocenters. The number of hydrogen-bond donors (Lipinski definition) is 1. The topological polar surface area (TPSA) is 32.7 Å². The number of nitrogens with zero attached hydrogens (tertiary/aromatic N) is 1. The lowest BCUT2D eigenvalue weighted by molar-refractivity contribution is -0.0286. The van der Waals surface area contributed by atoms with E-state index in [-0.39, 0.29) is 6.10 Å². The van der Waals surface area contributed by atoms with Crippen molar-refractivity contribution in [2.45, 2.75) is 64.6 Å². The van der Waals surface area contributed by atoms with Crippen LogP contribution in [0.2, 0.25) is 0 Å². The molecule has 2 aliphatic rings. The number of hydrogen-bond acceptors (Lipinski definition) is 3. The zero-order chi connectivity index (χ0) is 12.5. The van der Waals surface area contributed by atoms with Crippen molar-refractivity contribution in [3.05, 3.63) is 0 Å². The van der Waals surface area contributed by atoms with E-state index in [2.05, 4.69) is 25.7 Å². The van der Waals surface area contributed by atoms with Crippen molar-refractivity contribution in [2.75, 3.05) is 19.8 Å². The van der Waals surface area contributed by atoms with Gasteiger partial charge in [0.1, 0.15) is 0 Å². The van der Waals surface area contributed by atoms with E-state index in [1.54, 1.807) is 0 Å². The molecule has 1 heterocycles. The first-order valence-corrected chi connectivity index (χ1v) is 7.06. The summed E-state index contributed by atoms with van der Waals surface area (Å²) >= 11 is 0. The molecule has 0 bridgehead atoms. The van der Waals surface area contributed by atoms with Gasteiger partial charge in [0.15, 0.2) is 0 Å². The van der Waals surface area contributed by atoms with E-state index in [0.717, 1.165) is 45.4 Å². The molecule has 0 amide bonds. The third-order valence-electron chi connectivity index (χ3n) is 4.66. The molecule has 1 saturated carbocycles. The maximum atomic E-state index is 9.94. The van der Waals surface area contributed by atoms with Crippen molar-refractivity contribution in [2.24, 2.45) is 5.41 Å². The van der Waals surface area contributed by atoms with Crippen molar-refractivity contribution in [3.8, 4) is 0 Å². The van der Waals surface area contributed by atoms with Gasteiger partial charge < -0.3 is 9.84 Å². The van der Waals surface area contributed by atoms with Gasteiger partial charge in [0, 0.05) is 18.7 Å². The second-order valence-corrected chi connectivity index (χ2v) is 6.28. The van der Waals surface area contributed by atoms with Crippen LogP contribution in [-0.2, 0) is 4.74 Å². The number of likely N-dealkylation sites (N-methyl/N-ethyl adjacent to an activating group) is 1. The maximum Gasteiger partial charge on any atom is 0.0622 e. The number of rotatable bonds is 3. The summed E-state index contributed by atoms with van der Waals surface area (Å²) in [5.41, 5.74) is 0.317. The van der Waals surface area contributed by atoms with Crippen LogP contribution in [0.4, 0.5) is 0 Å². The highest BCUT2D eigenvalue weighted by molar-refractivity contribution is 4.95. The Morgan fingerprint density at radius 1 is 1.35 bits per heavy atom. The molecule has 0 spiro atoms. The standard InChI is InChI=1S/C14H27NO2/c1-4-15(11-6-8-17-10-11)13-9-12(16)5-7-14(13,2)3/h11-13,16H,4-10H2,1-3H3. The van der Waals surface area contributed by atoms with Crippen LogP contribution in [0.5, 0.6) is 0 Å². The molecule has 0 aromatic carbocycles. The highest BCUT2D eigenvalue weighted by Gasteiger charge is 2.41. The number of ether oxygens (including phenoxy) is 1. The Hall–Kier alpha value is -0.120. The molecule has 3 heteroatoms. The molecule has 1 N–H and O–H groups in total. The van der Waals surface area contributed by atoms with E-state index >= 15 is 0 Å². The molecule has 2 fully saturated rings. The Bertz CT molecular complexity index is 249. The molecule has 3 nitrogen and oxygen atoms in total. The van der Waals surface area contributed by atoms with Gasteiger partial charge in [0.2, 0.25) is 0 Å². The van der Waals surface area contributed by atoms with E-state index in [9.17, 15) is 5.11 Å². The normalized spacial score (nSPS) is 37.6. The Morgan fingerprint density at radius 3 is 2.71 bits per heavy atom. The minimum absolute atomic E-state index is 0.107. The number of aliphatic hydroxyl groups is 1. The fraction of sp³-hybridized carbons (Fsp3) is 1.00. The average molecular weight is 241 g/mol. The Kier molecular flexibility index (Phi) is 4.11. The molecule has 1 aliphatic heterocycles. The van der Waals surface area contributed by atoms with Crippen LogP contribution in [0.1, 0.15) is 46.5 Å². The van der Waals surface area contributed by atoms with Crippen LogP contribution in [0.15, 0.2) is 0 Å². The van der Waals surface area contributed by atoms with E-state index in [1.165, 1.54) is 0 Å². The van der Waals surface area contributed by atoms with Crippen LogP contribution in [-0.4, -0.2) is 48.0 Å². The van der Waals surface area contributed by atoms with E-state index < -0.39 is 0 Å². The summed E-state index contributed by atoms with van der Waals surface area (Å²) in [4.78, 5) is 2.58. The van der Waals surface area contributed by atoms with Crippen LogP contribution in [0.3, 0.4) is 0 Å². The molecule has 3 atom stereocenters. The fourth-order valence-corrected chi connectivity index (χ4v) is 3.50. The summed E-state index contributed by atoms with van der Waals surface area (Å²) < 4.78 is 5.52. The highest BCUT2D eigenvalue weighted by Crippen LogP contribution is 2.40. The largest absolute Gasteiger partial charge is 0.393 e. The second-order valence-electron chi connectivity index (χ2n) is 6.28. The van der Waals surface area contributed by atoms with E-state index in [4.69, 9.17) is 4.74 Å². The summed E-state index contributed by atoms with van der Waals surface area (Å²) in [6, 6.07) is 1.07. The van der Waals surface area contributed by atoms with E-state index in [0.29, 0.717) is 17.5 Å². The summed E-state index contributed by atoms with van der Waals surface area (Å²) in [5.74, 6) is 0. The zero-order valence-electron chi connectivity index (χ0n) is 11.5. The van der Waals surface area contributed by atoms with Gasteiger partial charge in [-0.1, -0.05) is 20.8 Å². The Morgan fingerprint density at radius 2 is 2.12 bits per heavy atom. The van der Waals surface area contributed by atoms with Gasteiger partial charge in [-0.3, -0.25) is 4.90 Å². The van der Waals surface area contributed by atoms with E-state index in [1.807, 2.05) is 0 Å². The first kappa shape index (κ1) is 13.3. The van der Waals surface area contributed by atoms with Crippen molar-refractivity contribution >= 4 is 0 Å². The molecule has 17 heavy (non-hydrogen) atoms. The maximum absolute atomic E-state index is 9.94. The van der Waals surface area contributed by atoms with Crippen molar-refractivity contribution in [3.63, 3.8) is 0 Å². The third kappa shape index (κ3) is 2.83. The van der Waals surface area contributed by atoms with Crippen molar-refractivity contribution in [1.29, 1.82) is 0 Å². The van der Waals surface area contributed by atoms with Gasteiger partial charge in [-0.05, 0) is 37.6 Å². The molecular formula is C14H27NO2. The SMILES string of the molecule is CCN(C1CCOC1)C1CC(O)CCC1(C)C. The Balaban J connectivity index is 2.09. The first-order chi connectivity index (χ1) is 8.04. The molecular weight excluding hydrogens is 214 g/mol. The average Bonchev–Trinajstić information content (AvgIpc) is 2.78. The first-order valence-electron chi connectivity index (χ1n) is 7.06. The molecule has 0 aromatic rings. The minimum atomic E-state index is -0.107. The van der Waals surface area contributed by atoms with Gasteiger partial charge in [-0.25, -0.2) is 0 Å². The second kappa shape index (κ2) is 5.25. The lowest BCUT2D eigenvalue weighted by Gasteiger charge is -2.48. The minimum Gasteiger partial charge on any atom is -0.393 e. The van der Waals surface area contributed by atoms with Gasteiger partial charge in [0.25, 0.3) is 0 Å². The highest BCUT2D eigenvalue weighted by atomic mass is 16.5. The van der Waals surface area contributed by atoms with Gasteiger partial charge in [-0.15, -0.1) is 0 Å². The van der Waals surface area contributed by atoms with Crippen molar-refractivity contribution in [1.82, 2.24) is 4.90 Å². The molecule has 1 aliphatic carbocycles.